The highest BCUT2D eigenvalue weighted by atomic mass is 19.4. The van der Waals surface area contributed by atoms with Crippen molar-refractivity contribution >= 4 is 17.2 Å². The van der Waals surface area contributed by atoms with E-state index in [9.17, 15) is 13.2 Å². The molecule has 3 N–H and O–H groups in total. The van der Waals surface area contributed by atoms with Gasteiger partial charge in [0.25, 0.3) is 0 Å². The van der Waals surface area contributed by atoms with E-state index in [-0.39, 0.29) is 11.7 Å². The largest absolute Gasteiger partial charge is 0.497 e. The van der Waals surface area contributed by atoms with Crippen LogP contribution < -0.4 is 15.4 Å². The Morgan fingerprint density at radius 2 is 1.80 bits per heavy atom. The van der Waals surface area contributed by atoms with E-state index >= 15 is 0 Å². The van der Waals surface area contributed by atoms with Gasteiger partial charge in [0.2, 0.25) is 0 Å². The standard InChI is InChI=1S/C23H20F3N7O2/c1-35-19-6-2-15(3-7-19)13-32(17-5-8-20(28-11-17)22(27)31-34)18-12-30-33(14-18)21-9-4-16(10-29-21)23(24,25)26/h2-12,14,34H,13H2,1H3,(H2,27,31). The maximum atomic E-state index is 12.9. The number of hydrogen-bond acceptors (Lipinski definition) is 7. The van der Waals surface area contributed by atoms with Crippen molar-refractivity contribution in [3.05, 3.63) is 90.1 Å². The SMILES string of the molecule is COc1ccc(CN(c2ccc(C(N)=NO)nc2)c2cnn(-c3ccc(C(F)(F)F)cn3)c2)cc1. The lowest BCUT2D eigenvalue weighted by Gasteiger charge is -2.23. The lowest BCUT2D eigenvalue weighted by molar-refractivity contribution is -0.137. The third kappa shape index (κ3) is 5.32. The number of pyridine rings is 2. The van der Waals surface area contributed by atoms with Gasteiger partial charge in [-0.25, -0.2) is 9.67 Å². The summed E-state index contributed by atoms with van der Waals surface area (Å²) >= 11 is 0. The minimum Gasteiger partial charge on any atom is -0.497 e. The van der Waals surface area contributed by atoms with Crippen LogP contribution in [0.4, 0.5) is 24.5 Å². The number of rotatable bonds is 7. The second kappa shape index (κ2) is 9.71. The Morgan fingerprint density at radius 1 is 1.03 bits per heavy atom. The molecule has 0 unspecified atom stereocenters. The molecule has 0 aliphatic heterocycles. The number of oxime groups is 1. The summed E-state index contributed by atoms with van der Waals surface area (Å²) in [7, 11) is 1.58. The van der Waals surface area contributed by atoms with Crippen LogP contribution in [-0.4, -0.2) is 37.9 Å². The number of ether oxygens (including phenoxy) is 1. The Labute approximate surface area is 197 Å². The number of hydrogen-bond donors (Lipinski definition) is 2. The molecule has 0 amide bonds. The van der Waals surface area contributed by atoms with Gasteiger partial charge in [0, 0.05) is 12.7 Å². The second-order valence-corrected chi connectivity index (χ2v) is 7.37. The zero-order valence-corrected chi connectivity index (χ0v) is 18.4. The molecule has 4 aromatic rings. The maximum absolute atomic E-state index is 12.9. The van der Waals surface area contributed by atoms with Crippen LogP contribution in [0.25, 0.3) is 5.82 Å². The third-order valence-electron chi connectivity index (χ3n) is 5.12. The number of nitrogens with two attached hydrogens (primary N) is 1. The van der Waals surface area contributed by atoms with Crippen molar-refractivity contribution in [1.82, 2.24) is 19.7 Å². The van der Waals surface area contributed by atoms with E-state index in [1.165, 1.54) is 10.7 Å². The lowest BCUT2D eigenvalue weighted by atomic mass is 10.2. The van der Waals surface area contributed by atoms with Crippen LogP contribution in [0.3, 0.4) is 0 Å². The molecular weight excluding hydrogens is 463 g/mol. The van der Waals surface area contributed by atoms with Gasteiger partial charge in [0.05, 0.1) is 42.6 Å². The fraction of sp³-hybridized carbons (Fsp3) is 0.130. The Balaban J connectivity index is 1.67. The van der Waals surface area contributed by atoms with Crippen LogP contribution >= 0.6 is 0 Å². The van der Waals surface area contributed by atoms with Crippen molar-refractivity contribution in [2.75, 3.05) is 12.0 Å². The van der Waals surface area contributed by atoms with Crippen LogP contribution in [0.1, 0.15) is 16.8 Å². The molecule has 0 spiro atoms. The van der Waals surface area contributed by atoms with Crippen LogP contribution in [0.5, 0.6) is 5.75 Å². The molecule has 3 heterocycles. The number of aromatic nitrogens is 4. The van der Waals surface area contributed by atoms with Gasteiger partial charge < -0.3 is 20.6 Å². The van der Waals surface area contributed by atoms with Gasteiger partial charge in [-0.3, -0.25) is 4.98 Å². The summed E-state index contributed by atoms with van der Waals surface area (Å²) in [6, 6.07) is 13.0. The molecular formula is C23H20F3N7O2. The van der Waals surface area contributed by atoms with E-state index in [1.807, 2.05) is 29.2 Å². The monoisotopic (exact) mass is 483 g/mol. The normalized spacial score (nSPS) is 11.9. The molecule has 0 fully saturated rings. The van der Waals surface area contributed by atoms with E-state index in [4.69, 9.17) is 15.7 Å². The molecule has 0 aliphatic carbocycles. The Kier molecular flexibility index (Phi) is 6.53. The smallest absolute Gasteiger partial charge is 0.417 e. The van der Waals surface area contributed by atoms with Gasteiger partial charge in [-0.1, -0.05) is 17.3 Å². The highest BCUT2D eigenvalue weighted by molar-refractivity contribution is 5.95. The molecule has 3 aromatic heterocycles. The van der Waals surface area contributed by atoms with E-state index in [0.29, 0.717) is 29.4 Å². The maximum Gasteiger partial charge on any atom is 0.417 e. The molecule has 0 bridgehead atoms. The summed E-state index contributed by atoms with van der Waals surface area (Å²) in [5, 5.41) is 16.1. The van der Waals surface area contributed by atoms with Gasteiger partial charge in [-0.2, -0.15) is 18.3 Å². The van der Waals surface area contributed by atoms with Crippen molar-refractivity contribution < 1.29 is 23.1 Å². The Bertz CT molecular complexity index is 1300. The first-order valence-electron chi connectivity index (χ1n) is 10.2. The first-order valence-corrected chi connectivity index (χ1v) is 10.2. The number of benzene rings is 1. The van der Waals surface area contributed by atoms with Gasteiger partial charge in [0.1, 0.15) is 11.4 Å². The first-order chi connectivity index (χ1) is 16.8. The van der Waals surface area contributed by atoms with E-state index in [0.717, 1.165) is 17.8 Å². The van der Waals surface area contributed by atoms with Crippen LogP contribution in [-0.2, 0) is 12.7 Å². The van der Waals surface area contributed by atoms with E-state index < -0.39 is 11.7 Å². The predicted molar refractivity (Wildman–Crippen MR) is 122 cm³/mol. The first kappa shape index (κ1) is 23.5. The molecule has 35 heavy (non-hydrogen) atoms. The molecule has 12 heteroatoms. The Morgan fingerprint density at radius 3 is 2.37 bits per heavy atom. The van der Waals surface area contributed by atoms with Gasteiger partial charge in [-0.05, 0) is 42.0 Å². The van der Waals surface area contributed by atoms with Crippen molar-refractivity contribution in [3.8, 4) is 11.6 Å². The molecule has 0 aliphatic rings. The Hall–Kier alpha value is -4.61. The van der Waals surface area contributed by atoms with Crippen LogP contribution in [0, 0.1) is 0 Å². The summed E-state index contributed by atoms with van der Waals surface area (Å²) in [4.78, 5) is 10.0. The van der Waals surface area contributed by atoms with Crippen molar-refractivity contribution in [3.63, 3.8) is 0 Å². The molecule has 0 saturated carbocycles. The number of alkyl halides is 3. The number of anilines is 2. The zero-order chi connectivity index (χ0) is 25.0. The fourth-order valence-electron chi connectivity index (χ4n) is 3.26. The highest BCUT2D eigenvalue weighted by Crippen LogP contribution is 2.30. The van der Waals surface area contributed by atoms with E-state index in [2.05, 4.69) is 20.2 Å². The van der Waals surface area contributed by atoms with Crippen molar-refractivity contribution in [2.45, 2.75) is 12.7 Å². The summed E-state index contributed by atoms with van der Waals surface area (Å²) < 4.78 is 45.2. The summed E-state index contributed by atoms with van der Waals surface area (Å²) in [5.74, 6) is 0.819. The molecule has 0 atom stereocenters. The minimum absolute atomic E-state index is 0.126. The van der Waals surface area contributed by atoms with Crippen LogP contribution in [0.15, 0.2) is 78.5 Å². The number of halogens is 3. The average molecular weight is 483 g/mol. The molecule has 0 radical (unpaired) electrons. The number of amidine groups is 1. The highest BCUT2D eigenvalue weighted by Gasteiger charge is 2.30. The fourth-order valence-corrected chi connectivity index (χ4v) is 3.26. The molecule has 9 nitrogen and oxygen atoms in total. The summed E-state index contributed by atoms with van der Waals surface area (Å²) in [5.41, 5.74) is 7.33. The van der Waals surface area contributed by atoms with E-state index in [1.54, 1.807) is 37.8 Å². The minimum atomic E-state index is -4.47. The lowest BCUT2D eigenvalue weighted by Crippen LogP contribution is -2.18. The topological polar surface area (TPSA) is 115 Å². The summed E-state index contributed by atoms with van der Waals surface area (Å²) in [6.45, 7) is 0.417. The molecule has 1 aromatic carbocycles. The summed E-state index contributed by atoms with van der Waals surface area (Å²) in [6.07, 6.45) is 1.07. The number of methoxy groups -OCH3 is 1. The van der Waals surface area contributed by atoms with Crippen LogP contribution in [0.2, 0.25) is 0 Å². The second-order valence-electron chi connectivity index (χ2n) is 7.37. The molecule has 4 rings (SSSR count). The number of nitrogens with zero attached hydrogens (tertiary/aromatic N) is 6. The predicted octanol–water partition coefficient (Wildman–Crippen LogP) is 4.12. The van der Waals surface area contributed by atoms with Gasteiger partial charge in [-0.15, -0.1) is 0 Å². The van der Waals surface area contributed by atoms with Crippen molar-refractivity contribution in [1.29, 1.82) is 0 Å². The van der Waals surface area contributed by atoms with Gasteiger partial charge in [0.15, 0.2) is 11.7 Å². The van der Waals surface area contributed by atoms with Gasteiger partial charge >= 0.3 is 6.18 Å². The van der Waals surface area contributed by atoms with Crippen molar-refractivity contribution in [2.24, 2.45) is 10.9 Å². The zero-order valence-electron chi connectivity index (χ0n) is 18.4. The third-order valence-corrected chi connectivity index (χ3v) is 5.12. The molecule has 180 valence electrons. The molecule has 0 saturated heterocycles. The average Bonchev–Trinajstić information content (AvgIpc) is 3.37. The quantitative estimate of drug-likeness (QED) is 0.176.